The predicted octanol–water partition coefficient (Wildman–Crippen LogP) is 2.79. The van der Waals surface area contributed by atoms with Crippen molar-refractivity contribution in [3.05, 3.63) is 35.4 Å². The lowest BCUT2D eigenvalue weighted by Crippen LogP contribution is -2.07. The number of rotatable bonds is 6. The highest BCUT2D eigenvalue weighted by atomic mass is 14.8. The van der Waals surface area contributed by atoms with Crippen molar-refractivity contribution in [3.8, 4) is 0 Å². The molecule has 1 aromatic rings. The minimum atomic E-state index is 1.13. The summed E-state index contributed by atoms with van der Waals surface area (Å²) in [6.45, 7) is 3.33. The summed E-state index contributed by atoms with van der Waals surface area (Å²) in [6, 6.07) is 9.01. The number of aryl methyl sites for hydroxylation is 2. The fourth-order valence-corrected chi connectivity index (χ4v) is 1.57. The Bertz CT molecular complexity index is 238. The van der Waals surface area contributed by atoms with E-state index in [0.29, 0.717) is 0 Å². The van der Waals surface area contributed by atoms with Crippen LogP contribution in [0.3, 0.4) is 0 Å². The van der Waals surface area contributed by atoms with Crippen LogP contribution in [0.1, 0.15) is 30.9 Å². The molecule has 0 spiro atoms. The minimum absolute atomic E-state index is 1.13. The second kappa shape index (κ2) is 6.61. The molecule has 0 aliphatic rings. The molecular weight excluding hydrogens is 170 g/mol. The molecule has 0 saturated carbocycles. The van der Waals surface area contributed by atoms with Crippen molar-refractivity contribution in [1.29, 1.82) is 0 Å². The van der Waals surface area contributed by atoms with Crippen LogP contribution >= 0.6 is 0 Å². The quantitative estimate of drug-likeness (QED) is 0.682. The third kappa shape index (κ3) is 3.93. The van der Waals surface area contributed by atoms with E-state index in [2.05, 4.69) is 36.5 Å². The van der Waals surface area contributed by atoms with Crippen molar-refractivity contribution < 1.29 is 0 Å². The van der Waals surface area contributed by atoms with Crippen LogP contribution in [0, 0.1) is 0 Å². The number of nitrogens with one attached hydrogen (secondary N) is 1. The average molecular weight is 191 g/mol. The fourth-order valence-electron chi connectivity index (χ4n) is 1.57. The smallest absolute Gasteiger partial charge is 0.00518 e. The van der Waals surface area contributed by atoms with Crippen molar-refractivity contribution in [2.75, 3.05) is 13.6 Å². The molecule has 0 aromatic heterocycles. The van der Waals surface area contributed by atoms with Gasteiger partial charge in [-0.25, -0.2) is 0 Å². The van der Waals surface area contributed by atoms with Gasteiger partial charge in [-0.3, -0.25) is 0 Å². The first-order valence-corrected chi connectivity index (χ1v) is 5.59. The van der Waals surface area contributed by atoms with Crippen LogP contribution in [0.2, 0.25) is 0 Å². The second-order valence-corrected chi connectivity index (χ2v) is 3.73. The van der Waals surface area contributed by atoms with Crippen LogP contribution < -0.4 is 5.32 Å². The molecule has 0 unspecified atom stereocenters. The van der Waals surface area contributed by atoms with Crippen LogP contribution in [0.4, 0.5) is 0 Å². The Morgan fingerprint density at radius 2 is 1.64 bits per heavy atom. The summed E-state index contributed by atoms with van der Waals surface area (Å²) in [6.07, 6.45) is 4.91. The summed E-state index contributed by atoms with van der Waals surface area (Å²) in [5, 5.41) is 3.17. The molecule has 0 bridgehead atoms. The van der Waals surface area contributed by atoms with E-state index in [0.717, 1.165) is 13.0 Å². The standard InChI is InChI=1S/C13H21N/c1-3-12-7-9-13(10-8-12)6-4-5-11-14-2/h7-10,14H,3-6,11H2,1-2H3. The van der Waals surface area contributed by atoms with E-state index in [1.165, 1.54) is 30.4 Å². The Balaban J connectivity index is 2.29. The normalized spacial score (nSPS) is 10.4. The highest BCUT2D eigenvalue weighted by Crippen LogP contribution is 2.07. The fraction of sp³-hybridized carbons (Fsp3) is 0.538. The maximum atomic E-state index is 3.17. The molecule has 0 heterocycles. The molecule has 0 atom stereocenters. The van der Waals surface area contributed by atoms with Gasteiger partial charge in [0.25, 0.3) is 0 Å². The molecule has 0 aliphatic carbocycles. The highest BCUT2D eigenvalue weighted by Gasteiger charge is 1.93. The molecule has 0 aliphatic heterocycles. The first-order chi connectivity index (χ1) is 6.86. The van der Waals surface area contributed by atoms with Gasteiger partial charge >= 0.3 is 0 Å². The monoisotopic (exact) mass is 191 g/mol. The van der Waals surface area contributed by atoms with Crippen molar-refractivity contribution in [3.63, 3.8) is 0 Å². The summed E-state index contributed by atoms with van der Waals surface area (Å²) < 4.78 is 0. The summed E-state index contributed by atoms with van der Waals surface area (Å²) in [4.78, 5) is 0. The number of unbranched alkanes of at least 4 members (excludes halogenated alkanes) is 1. The van der Waals surface area contributed by atoms with Crippen LogP contribution in [-0.2, 0) is 12.8 Å². The largest absolute Gasteiger partial charge is 0.320 e. The molecule has 0 radical (unpaired) electrons. The third-order valence-corrected chi connectivity index (χ3v) is 2.57. The molecular formula is C13H21N. The van der Waals surface area contributed by atoms with Gasteiger partial charge in [0, 0.05) is 0 Å². The average Bonchev–Trinajstić information content (AvgIpc) is 2.25. The van der Waals surface area contributed by atoms with E-state index >= 15 is 0 Å². The lowest BCUT2D eigenvalue weighted by Gasteiger charge is -2.02. The van der Waals surface area contributed by atoms with Gasteiger partial charge in [0.15, 0.2) is 0 Å². The van der Waals surface area contributed by atoms with Gasteiger partial charge in [0.1, 0.15) is 0 Å². The van der Waals surface area contributed by atoms with Crippen LogP contribution in [-0.4, -0.2) is 13.6 Å². The van der Waals surface area contributed by atoms with E-state index in [4.69, 9.17) is 0 Å². The summed E-state index contributed by atoms with van der Waals surface area (Å²) >= 11 is 0. The Hall–Kier alpha value is -0.820. The molecule has 1 nitrogen and oxygen atoms in total. The van der Waals surface area contributed by atoms with E-state index in [-0.39, 0.29) is 0 Å². The van der Waals surface area contributed by atoms with Crippen LogP contribution in [0.15, 0.2) is 24.3 Å². The maximum Gasteiger partial charge on any atom is -0.00518 e. The SMILES string of the molecule is CCc1ccc(CCCCNC)cc1. The first kappa shape index (κ1) is 11.3. The number of hydrogen-bond donors (Lipinski definition) is 1. The topological polar surface area (TPSA) is 12.0 Å². The van der Waals surface area contributed by atoms with Gasteiger partial charge in [0.05, 0.1) is 0 Å². The molecule has 1 N–H and O–H groups in total. The van der Waals surface area contributed by atoms with Crippen molar-refractivity contribution >= 4 is 0 Å². The Morgan fingerprint density at radius 3 is 2.21 bits per heavy atom. The molecule has 0 amide bonds. The molecule has 1 heteroatoms. The zero-order valence-corrected chi connectivity index (χ0v) is 9.34. The Labute approximate surface area is 87.5 Å². The summed E-state index contributed by atoms with van der Waals surface area (Å²) in [5.74, 6) is 0. The van der Waals surface area contributed by atoms with E-state index in [1.807, 2.05) is 7.05 Å². The zero-order valence-electron chi connectivity index (χ0n) is 9.34. The second-order valence-electron chi connectivity index (χ2n) is 3.73. The van der Waals surface area contributed by atoms with Gasteiger partial charge in [0.2, 0.25) is 0 Å². The molecule has 1 rings (SSSR count). The van der Waals surface area contributed by atoms with E-state index in [1.54, 1.807) is 0 Å². The lowest BCUT2D eigenvalue weighted by atomic mass is 10.1. The van der Waals surface area contributed by atoms with Crippen molar-refractivity contribution in [1.82, 2.24) is 5.32 Å². The van der Waals surface area contributed by atoms with Crippen molar-refractivity contribution in [2.24, 2.45) is 0 Å². The van der Waals surface area contributed by atoms with E-state index < -0.39 is 0 Å². The molecule has 78 valence electrons. The first-order valence-electron chi connectivity index (χ1n) is 5.59. The maximum absolute atomic E-state index is 3.17. The Kier molecular flexibility index (Phi) is 5.31. The van der Waals surface area contributed by atoms with Gasteiger partial charge in [-0.15, -0.1) is 0 Å². The number of hydrogen-bond acceptors (Lipinski definition) is 1. The zero-order chi connectivity index (χ0) is 10.2. The number of benzene rings is 1. The van der Waals surface area contributed by atoms with Gasteiger partial charge in [-0.1, -0.05) is 31.2 Å². The minimum Gasteiger partial charge on any atom is -0.320 e. The highest BCUT2D eigenvalue weighted by molar-refractivity contribution is 5.22. The van der Waals surface area contributed by atoms with Crippen LogP contribution in [0.5, 0.6) is 0 Å². The van der Waals surface area contributed by atoms with Gasteiger partial charge in [-0.05, 0) is 50.4 Å². The third-order valence-electron chi connectivity index (χ3n) is 2.57. The molecule has 0 saturated heterocycles. The van der Waals surface area contributed by atoms with Gasteiger partial charge in [-0.2, -0.15) is 0 Å². The van der Waals surface area contributed by atoms with Crippen molar-refractivity contribution in [2.45, 2.75) is 32.6 Å². The molecule has 14 heavy (non-hydrogen) atoms. The van der Waals surface area contributed by atoms with Crippen LogP contribution in [0.25, 0.3) is 0 Å². The lowest BCUT2D eigenvalue weighted by molar-refractivity contribution is 0.677. The van der Waals surface area contributed by atoms with E-state index in [9.17, 15) is 0 Å². The summed E-state index contributed by atoms with van der Waals surface area (Å²) in [7, 11) is 2.01. The molecule has 0 fully saturated rings. The molecule has 1 aromatic carbocycles. The Morgan fingerprint density at radius 1 is 1.00 bits per heavy atom. The predicted molar refractivity (Wildman–Crippen MR) is 62.7 cm³/mol. The van der Waals surface area contributed by atoms with Gasteiger partial charge < -0.3 is 5.32 Å². The summed E-state index contributed by atoms with van der Waals surface area (Å²) in [5.41, 5.74) is 2.90.